The maximum atomic E-state index is 11.3. The van der Waals surface area contributed by atoms with Gasteiger partial charge < -0.3 is 10.4 Å². The lowest BCUT2D eigenvalue weighted by Gasteiger charge is -2.27. The highest BCUT2D eigenvalue weighted by Crippen LogP contribution is 2.28. The van der Waals surface area contributed by atoms with Crippen LogP contribution in [0, 0.1) is 11.8 Å². The molecule has 0 aromatic heterocycles. The van der Waals surface area contributed by atoms with Gasteiger partial charge in [-0.05, 0) is 30.7 Å². The first-order chi connectivity index (χ1) is 7.97. The molecule has 0 saturated carbocycles. The molecule has 1 rings (SSSR count). The van der Waals surface area contributed by atoms with Crippen LogP contribution in [0.15, 0.2) is 24.3 Å². The Bertz CT molecular complexity index is 376. The molecule has 0 aliphatic heterocycles. The van der Waals surface area contributed by atoms with Gasteiger partial charge in [-0.2, -0.15) is 0 Å². The van der Waals surface area contributed by atoms with Gasteiger partial charge >= 0.3 is 5.97 Å². The van der Waals surface area contributed by atoms with Crippen molar-refractivity contribution in [1.82, 2.24) is 5.32 Å². The molecule has 0 fully saturated rings. The van der Waals surface area contributed by atoms with E-state index in [2.05, 4.69) is 5.32 Å². The van der Waals surface area contributed by atoms with Crippen LogP contribution in [0.3, 0.4) is 0 Å². The minimum Gasteiger partial charge on any atom is -0.481 e. The van der Waals surface area contributed by atoms with E-state index in [-0.39, 0.29) is 12.0 Å². The molecule has 0 aliphatic carbocycles. The molecule has 0 heterocycles. The summed E-state index contributed by atoms with van der Waals surface area (Å²) in [5.41, 5.74) is 0.943. The second-order valence-corrected chi connectivity index (χ2v) is 4.86. The number of carboxylic acid groups (broad SMARTS) is 1. The van der Waals surface area contributed by atoms with Gasteiger partial charge in [-0.15, -0.1) is 0 Å². The average Bonchev–Trinajstić information content (AvgIpc) is 2.26. The summed E-state index contributed by atoms with van der Waals surface area (Å²) in [4.78, 5) is 11.3. The highest BCUT2D eigenvalue weighted by molar-refractivity contribution is 6.30. The molecule has 1 aromatic carbocycles. The first-order valence-electron chi connectivity index (χ1n) is 5.63. The molecule has 0 radical (unpaired) electrons. The van der Waals surface area contributed by atoms with Crippen molar-refractivity contribution in [2.45, 2.75) is 19.9 Å². The van der Waals surface area contributed by atoms with Gasteiger partial charge in [0.05, 0.1) is 5.92 Å². The highest BCUT2D eigenvalue weighted by atomic mass is 35.5. The number of carbonyl (C=O) groups is 1. The molecule has 0 aliphatic rings. The topological polar surface area (TPSA) is 49.3 Å². The van der Waals surface area contributed by atoms with E-state index in [1.165, 1.54) is 0 Å². The second kappa shape index (κ2) is 6.03. The zero-order valence-corrected chi connectivity index (χ0v) is 11.0. The van der Waals surface area contributed by atoms with Crippen molar-refractivity contribution in [2.75, 3.05) is 7.05 Å². The van der Waals surface area contributed by atoms with Crippen molar-refractivity contribution in [3.05, 3.63) is 34.9 Å². The molecular weight excluding hydrogens is 238 g/mol. The Kier molecular flexibility index (Phi) is 4.97. The van der Waals surface area contributed by atoms with Gasteiger partial charge in [0.2, 0.25) is 0 Å². The molecule has 2 unspecified atom stereocenters. The Labute approximate surface area is 107 Å². The first kappa shape index (κ1) is 14.0. The van der Waals surface area contributed by atoms with Gasteiger partial charge in [-0.3, -0.25) is 4.79 Å². The third-order valence-electron chi connectivity index (χ3n) is 2.90. The number of carboxylic acids is 1. The van der Waals surface area contributed by atoms with Gasteiger partial charge in [-0.1, -0.05) is 37.6 Å². The second-order valence-electron chi connectivity index (χ2n) is 4.43. The van der Waals surface area contributed by atoms with E-state index < -0.39 is 11.9 Å². The molecule has 0 amide bonds. The summed E-state index contributed by atoms with van der Waals surface area (Å²) in [5, 5.41) is 13.0. The van der Waals surface area contributed by atoms with Crippen LogP contribution in [0.2, 0.25) is 5.02 Å². The van der Waals surface area contributed by atoms with Crippen molar-refractivity contribution in [3.63, 3.8) is 0 Å². The lowest BCUT2D eigenvalue weighted by Crippen LogP contribution is -2.34. The van der Waals surface area contributed by atoms with Crippen LogP contribution in [-0.2, 0) is 4.79 Å². The largest absolute Gasteiger partial charge is 0.481 e. The number of aliphatic carboxylic acids is 1. The summed E-state index contributed by atoms with van der Waals surface area (Å²) in [6, 6.07) is 7.08. The number of hydrogen-bond donors (Lipinski definition) is 2. The number of hydrogen-bond acceptors (Lipinski definition) is 2. The lowest BCUT2D eigenvalue weighted by atomic mass is 9.84. The Morgan fingerprint density at radius 2 is 1.82 bits per heavy atom. The smallest absolute Gasteiger partial charge is 0.308 e. The summed E-state index contributed by atoms with van der Waals surface area (Å²) < 4.78 is 0. The predicted molar refractivity (Wildman–Crippen MR) is 69.2 cm³/mol. The maximum Gasteiger partial charge on any atom is 0.308 e. The standard InChI is InChI=1S/C13H18ClNO2/c1-8(2)11(13(16)17)12(15-3)9-4-6-10(14)7-5-9/h4-8,11-12,15H,1-3H3,(H,16,17). The van der Waals surface area contributed by atoms with Crippen molar-refractivity contribution in [1.29, 1.82) is 0 Å². The first-order valence-corrected chi connectivity index (χ1v) is 6.00. The molecule has 0 saturated heterocycles. The van der Waals surface area contributed by atoms with Crippen molar-refractivity contribution in [3.8, 4) is 0 Å². The third kappa shape index (κ3) is 3.45. The van der Waals surface area contributed by atoms with Crippen molar-refractivity contribution < 1.29 is 9.90 Å². The van der Waals surface area contributed by atoms with Crippen LogP contribution in [0.1, 0.15) is 25.5 Å². The van der Waals surface area contributed by atoms with Gasteiger partial charge in [0, 0.05) is 11.1 Å². The van der Waals surface area contributed by atoms with E-state index in [0.717, 1.165) is 5.56 Å². The fraction of sp³-hybridized carbons (Fsp3) is 0.462. The van der Waals surface area contributed by atoms with E-state index in [1.807, 2.05) is 26.0 Å². The van der Waals surface area contributed by atoms with Crippen molar-refractivity contribution in [2.24, 2.45) is 11.8 Å². The molecular formula is C13H18ClNO2. The quantitative estimate of drug-likeness (QED) is 0.851. The maximum absolute atomic E-state index is 11.3. The van der Waals surface area contributed by atoms with Crippen LogP contribution in [0.25, 0.3) is 0 Å². The Morgan fingerprint density at radius 3 is 2.18 bits per heavy atom. The summed E-state index contributed by atoms with van der Waals surface area (Å²) in [7, 11) is 1.78. The van der Waals surface area contributed by atoms with E-state index in [9.17, 15) is 9.90 Å². The Hall–Kier alpha value is -1.06. The minimum atomic E-state index is -0.783. The van der Waals surface area contributed by atoms with Crippen molar-refractivity contribution >= 4 is 17.6 Å². The molecule has 4 heteroatoms. The molecule has 0 spiro atoms. The van der Waals surface area contributed by atoms with Gasteiger partial charge in [-0.25, -0.2) is 0 Å². The summed E-state index contributed by atoms with van der Waals surface area (Å²) in [5.74, 6) is -1.18. The lowest BCUT2D eigenvalue weighted by molar-refractivity contribution is -0.144. The number of halogens is 1. The molecule has 0 bridgehead atoms. The van der Waals surface area contributed by atoms with E-state index in [4.69, 9.17) is 11.6 Å². The molecule has 1 aromatic rings. The van der Waals surface area contributed by atoms with Gasteiger partial charge in [0.1, 0.15) is 0 Å². The Morgan fingerprint density at radius 1 is 1.29 bits per heavy atom. The van der Waals surface area contributed by atoms with E-state index in [1.54, 1.807) is 19.2 Å². The predicted octanol–water partition coefficient (Wildman–Crippen LogP) is 2.96. The summed E-state index contributed by atoms with van der Waals surface area (Å²) >= 11 is 5.83. The third-order valence-corrected chi connectivity index (χ3v) is 3.15. The SMILES string of the molecule is CNC(c1ccc(Cl)cc1)C(C(=O)O)C(C)C. The van der Waals surface area contributed by atoms with Crippen LogP contribution in [-0.4, -0.2) is 18.1 Å². The average molecular weight is 256 g/mol. The van der Waals surface area contributed by atoms with Crippen LogP contribution in [0.4, 0.5) is 0 Å². The zero-order valence-electron chi connectivity index (χ0n) is 10.3. The Balaban J connectivity index is 3.04. The minimum absolute atomic E-state index is 0.0561. The zero-order chi connectivity index (χ0) is 13.0. The molecule has 94 valence electrons. The molecule has 17 heavy (non-hydrogen) atoms. The molecule has 3 nitrogen and oxygen atoms in total. The van der Waals surface area contributed by atoms with Gasteiger partial charge in [0.15, 0.2) is 0 Å². The van der Waals surface area contributed by atoms with Crippen LogP contribution < -0.4 is 5.32 Å². The number of rotatable bonds is 5. The highest BCUT2D eigenvalue weighted by Gasteiger charge is 2.30. The summed E-state index contributed by atoms with van der Waals surface area (Å²) in [6.07, 6.45) is 0. The fourth-order valence-electron chi connectivity index (χ4n) is 2.04. The molecule has 2 atom stereocenters. The van der Waals surface area contributed by atoms with E-state index in [0.29, 0.717) is 5.02 Å². The number of benzene rings is 1. The normalized spacial score (nSPS) is 14.6. The van der Waals surface area contributed by atoms with Crippen LogP contribution in [0.5, 0.6) is 0 Å². The van der Waals surface area contributed by atoms with Crippen LogP contribution >= 0.6 is 11.6 Å². The molecule has 2 N–H and O–H groups in total. The number of nitrogens with one attached hydrogen (secondary N) is 1. The summed E-state index contributed by atoms with van der Waals surface area (Å²) in [6.45, 7) is 3.83. The monoisotopic (exact) mass is 255 g/mol. The van der Waals surface area contributed by atoms with Gasteiger partial charge in [0.25, 0.3) is 0 Å². The van der Waals surface area contributed by atoms with E-state index >= 15 is 0 Å². The fourth-order valence-corrected chi connectivity index (χ4v) is 2.16.